The lowest BCUT2D eigenvalue weighted by molar-refractivity contribution is -0.234. The molecule has 5 heteroatoms. The van der Waals surface area contributed by atoms with Crippen molar-refractivity contribution in [2.75, 3.05) is 6.73 Å². The Bertz CT molecular complexity index is 132. The topological polar surface area (TPSA) is 67.2 Å². The van der Waals surface area contributed by atoms with E-state index >= 15 is 0 Å². The zero-order chi connectivity index (χ0) is 6.24. The normalized spacial score (nSPS) is 6.38. The van der Waals surface area contributed by atoms with Gasteiger partial charge in [0, 0.05) is 4.91 Å². The Kier molecular flexibility index (Phi) is 4.67. The van der Waals surface area contributed by atoms with E-state index in [4.69, 9.17) is 5.53 Å². The Hall–Kier alpha value is -1.37. The molecule has 0 spiro atoms. The molecule has 0 aliphatic carbocycles. The molecule has 0 N–H and O–H groups in total. The summed E-state index contributed by atoms with van der Waals surface area (Å²) in [5.74, 6) is 0. The summed E-state index contributed by atoms with van der Waals surface area (Å²) >= 11 is 0. The number of nitrogens with zero attached hydrogens (tertiary/aromatic N) is 3. The maximum absolute atomic E-state index is 7.64. The van der Waals surface area contributed by atoms with Crippen LogP contribution >= 0.6 is 0 Å². The van der Waals surface area contributed by atoms with Crippen LogP contribution in [0.4, 0.5) is 0 Å². The predicted octanol–water partition coefficient (Wildman–Crippen LogP) is 0.793. The quantitative estimate of drug-likeness (QED) is 0.103. The van der Waals surface area contributed by atoms with Crippen molar-refractivity contribution >= 4 is 0 Å². The molecule has 0 atom stereocenters. The summed E-state index contributed by atoms with van der Waals surface area (Å²) in [6, 6.07) is 0. The van der Waals surface area contributed by atoms with E-state index in [2.05, 4.69) is 26.2 Å². The van der Waals surface area contributed by atoms with E-state index in [1.165, 1.54) is 0 Å². The van der Waals surface area contributed by atoms with Crippen molar-refractivity contribution < 1.29 is 9.78 Å². The van der Waals surface area contributed by atoms with Gasteiger partial charge in [0.15, 0.2) is 12.8 Å². The van der Waals surface area contributed by atoms with E-state index in [1.54, 1.807) is 6.11 Å². The van der Waals surface area contributed by atoms with Gasteiger partial charge >= 0.3 is 0 Å². The van der Waals surface area contributed by atoms with Gasteiger partial charge in [-0.25, -0.2) is 0 Å². The molecule has 42 valence electrons. The summed E-state index contributed by atoms with van der Waals surface area (Å²) in [5, 5.41) is 2.95. The summed E-state index contributed by atoms with van der Waals surface area (Å²) in [5.41, 5.74) is 7.64. The molecule has 0 amide bonds. The van der Waals surface area contributed by atoms with Crippen LogP contribution in [0.25, 0.3) is 10.4 Å². The summed E-state index contributed by atoms with van der Waals surface area (Å²) in [7, 11) is 0. The highest BCUT2D eigenvalue weighted by molar-refractivity contribution is 4.64. The number of rotatable bonds is 3. The molecule has 0 aliphatic rings. The van der Waals surface area contributed by atoms with Crippen molar-refractivity contribution in [2.45, 2.75) is 0 Å². The van der Waals surface area contributed by atoms with Crippen LogP contribution in [-0.4, -0.2) is 6.73 Å². The average Bonchev–Trinajstić information content (AvgIpc) is 1.81. The first-order chi connectivity index (χ1) is 3.91. The van der Waals surface area contributed by atoms with E-state index in [9.17, 15) is 0 Å². The minimum absolute atomic E-state index is 0.208. The minimum Gasteiger partial charge on any atom is -0.283 e. The number of terminal acetylenes is 1. The molecule has 0 aliphatic heterocycles. The maximum Gasteiger partial charge on any atom is 0.173 e. The zero-order valence-electron chi connectivity index (χ0n) is 3.94. The highest BCUT2D eigenvalue weighted by atomic mass is 17.2. The van der Waals surface area contributed by atoms with E-state index in [-0.39, 0.29) is 6.73 Å². The second-order valence-electron chi connectivity index (χ2n) is 0.679. The molecule has 0 aromatic rings. The molecule has 0 fully saturated rings. The third-order valence-corrected chi connectivity index (χ3v) is 0.281. The smallest absolute Gasteiger partial charge is 0.173 e. The van der Waals surface area contributed by atoms with Crippen LogP contribution in [0.1, 0.15) is 0 Å². The molecular weight excluding hydrogens is 110 g/mol. The molecule has 8 heavy (non-hydrogen) atoms. The van der Waals surface area contributed by atoms with Crippen LogP contribution in [0.3, 0.4) is 0 Å². The first kappa shape index (κ1) is 6.63. The van der Waals surface area contributed by atoms with Gasteiger partial charge in [-0.15, -0.1) is 0 Å². The number of hydrogen-bond donors (Lipinski definition) is 0. The Morgan fingerprint density at radius 3 is 3.12 bits per heavy atom. The van der Waals surface area contributed by atoms with Crippen molar-refractivity contribution in [3.63, 3.8) is 0 Å². The third-order valence-electron chi connectivity index (χ3n) is 0.281. The fourth-order valence-corrected chi connectivity index (χ4v) is 0.110. The van der Waals surface area contributed by atoms with Crippen molar-refractivity contribution in [3.05, 3.63) is 10.4 Å². The first-order valence-corrected chi connectivity index (χ1v) is 1.66. The highest BCUT2D eigenvalue weighted by Crippen LogP contribution is 1.75. The minimum atomic E-state index is -0.208. The standard InChI is InChI=1S/C3H3N3O2/c1-2-7-8-3-5-6-4/h1H,3H2. The number of azide groups is 1. The van der Waals surface area contributed by atoms with Gasteiger partial charge in [-0.1, -0.05) is 11.5 Å². The second-order valence-corrected chi connectivity index (χ2v) is 0.679. The third kappa shape index (κ3) is 4.63. The Morgan fingerprint density at radius 1 is 1.88 bits per heavy atom. The van der Waals surface area contributed by atoms with Gasteiger partial charge in [-0.3, -0.25) is 4.89 Å². The molecule has 0 radical (unpaired) electrons. The SMILES string of the molecule is C#COOCN=[N+]=[N-]. The molecule has 0 aromatic heterocycles. The largest absolute Gasteiger partial charge is 0.283 e. The molecule has 0 saturated carbocycles. The summed E-state index contributed by atoms with van der Waals surface area (Å²) < 4.78 is 0. The first-order valence-electron chi connectivity index (χ1n) is 1.66. The summed E-state index contributed by atoms with van der Waals surface area (Å²) in [6.07, 6.45) is 6.30. The van der Waals surface area contributed by atoms with Crippen LogP contribution in [0, 0.1) is 12.5 Å². The van der Waals surface area contributed by atoms with E-state index in [1.807, 2.05) is 0 Å². The van der Waals surface area contributed by atoms with Gasteiger partial charge in [-0.05, 0) is 5.53 Å². The van der Waals surface area contributed by atoms with E-state index < -0.39 is 0 Å². The predicted molar refractivity (Wildman–Crippen MR) is 25.0 cm³/mol. The molecule has 0 aromatic carbocycles. The van der Waals surface area contributed by atoms with Crippen LogP contribution in [0.5, 0.6) is 0 Å². The lowest BCUT2D eigenvalue weighted by Crippen LogP contribution is -1.85. The fraction of sp³-hybridized carbons (Fsp3) is 0.333. The molecule has 0 unspecified atom stereocenters. The van der Waals surface area contributed by atoms with E-state index in [0.717, 1.165) is 0 Å². The molecule has 0 heterocycles. The Balaban J connectivity index is 2.96. The molecule has 0 saturated heterocycles. The molecule has 0 bridgehead atoms. The maximum atomic E-state index is 7.64. The van der Waals surface area contributed by atoms with Gasteiger partial charge in [-0.2, -0.15) is 4.89 Å². The van der Waals surface area contributed by atoms with Gasteiger partial charge < -0.3 is 0 Å². The Morgan fingerprint density at radius 2 is 2.62 bits per heavy atom. The zero-order valence-corrected chi connectivity index (χ0v) is 3.94. The number of hydrogen-bond acceptors (Lipinski definition) is 3. The molecule has 5 nitrogen and oxygen atoms in total. The summed E-state index contributed by atoms with van der Waals surface area (Å²) in [4.78, 5) is 10.3. The van der Waals surface area contributed by atoms with Crippen molar-refractivity contribution in [1.29, 1.82) is 0 Å². The summed E-state index contributed by atoms with van der Waals surface area (Å²) in [6.45, 7) is -0.208. The highest BCUT2D eigenvalue weighted by Gasteiger charge is 1.74. The van der Waals surface area contributed by atoms with Crippen LogP contribution in [0.2, 0.25) is 0 Å². The van der Waals surface area contributed by atoms with Crippen LogP contribution in [-0.2, 0) is 9.78 Å². The van der Waals surface area contributed by atoms with Gasteiger partial charge in [0.25, 0.3) is 0 Å². The van der Waals surface area contributed by atoms with Gasteiger partial charge in [0.05, 0.1) is 0 Å². The lowest BCUT2D eigenvalue weighted by Gasteiger charge is -1.87. The second kappa shape index (κ2) is 5.63. The monoisotopic (exact) mass is 113 g/mol. The molecule has 0 rings (SSSR count). The van der Waals surface area contributed by atoms with E-state index in [0.29, 0.717) is 0 Å². The Labute approximate surface area is 45.8 Å². The fourth-order valence-electron chi connectivity index (χ4n) is 0.110. The molecular formula is C3H3N3O2. The average molecular weight is 113 g/mol. The van der Waals surface area contributed by atoms with Crippen molar-refractivity contribution in [3.8, 4) is 12.5 Å². The van der Waals surface area contributed by atoms with Crippen LogP contribution in [0.15, 0.2) is 5.11 Å². The van der Waals surface area contributed by atoms with Crippen molar-refractivity contribution in [1.82, 2.24) is 0 Å². The van der Waals surface area contributed by atoms with Gasteiger partial charge in [0.2, 0.25) is 0 Å². The van der Waals surface area contributed by atoms with Crippen molar-refractivity contribution in [2.24, 2.45) is 5.11 Å². The van der Waals surface area contributed by atoms with Gasteiger partial charge in [0.1, 0.15) is 0 Å². The lowest BCUT2D eigenvalue weighted by atomic mass is 11.3. The van der Waals surface area contributed by atoms with Crippen LogP contribution < -0.4 is 0 Å².